The van der Waals surface area contributed by atoms with Crippen molar-refractivity contribution in [2.75, 3.05) is 102 Å². The number of hydrogen-bond donors (Lipinski definition) is 3. The molecule has 9 amide bonds. The molecule has 0 bridgehead atoms. The Bertz CT molecular complexity index is 5220. The first kappa shape index (κ1) is 111. The van der Waals surface area contributed by atoms with Crippen LogP contribution in [0.1, 0.15) is 211 Å². The van der Waals surface area contributed by atoms with Gasteiger partial charge >= 0.3 is 18.2 Å². The van der Waals surface area contributed by atoms with E-state index in [1.54, 1.807) is 113 Å². The van der Waals surface area contributed by atoms with Crippen LogP contribution in [0.2, 0.25) is 0 Å². The smallest absolute Gasteiger partial charge is 0.424 e. The molecule has 0 saturated carbocycles. The zero-order valence-corrected chi connectivity index (χ0v) is 86.3. The van der Waals surface area contributed by atoms with Crippen LogP contribution in [0.4, 0.5) is 9.59 Å². The van der Waals surface area contributed by atoms with Crippen molar-refractivity contribution in [2.45, 2.75) is 259 Å². The molecule has 2 aliphatic heterocycles. The summed E-state index contributed by atoms with van der Waals surface area (Å²) in [4.78, 5) is 182. The van der Waals surface area contributed by atoms with Crippen molar-refractivity contribution in [3.8, 4) is 11.1 Å². The number of Topliss-reactive ketones (excluding diaryl/α,β-unsaturated/α-hetero) is 2. The number of likely N-dealkylation sites (tertiary alicyclic amines) is 2. The van der Waals surface area contributed by atoms with Gasteiger partial charge in [-0.25, -0.2) is 24.6 Å². The molecule has 0 spiro atoms. The number of amides is 9. The van der Waals surface area contributed by atoms with Crippen molar-refractivity contribution >= 4 is 93.3 Å². The van der Waals surface area contributed by atoms with Crippen LogP contribution in [-0.2, 0) is 114 Å². The van der Waals surface area contributed by atoms with E-state index in [9.17, 15) is 52.7 Å². The van der Waals surface area contributed by atoms with Gasteiger partial charge in [-0.2, -0.15) is 0 Å². The summed E-state index contributed by atoms with van der Waals surface area (Å²) in [5.74, 6) is -6.12. The molecule has 140 heavy (non-hydrogen) atoms. The molecule has 3 N–H and O–H groups in total. The molecular weight excluding hydrogens is 1800 g/mol. The van der Waals surface area contributed by atoms with Crippen molar-refractivity contribution < 1.29 is 90.7 Å². The fourth-order valence-corrected chi connectivity index (χ4v) is 20.1. The molecule has 2 aromatic heterocycles. The average Bonchev–Trinajstić information content (AvgIpc) is 1.62. The van der Waals surface area contributed by atoms with E-state index in [2.05, 4.69) is 55.8 Å². The lowest BCUT2D eigenvalue weighted by atomic mass is 9.88. The van der Waals surface area contributed by atoms with Crippen LogP contribution in [0.3, 0.4) is 0 Å². The number of ether oxygens (including phenoxy) is 7. The third-order valence-corrected chi connectivity index (χ3v) is 28.4. The molecule has 5 aromatic carbocycles. The maximum Gasteiger partial charge on any atom is 0.424 e. The molecule has 10 rings (SSSR count). The largest absolute Gasteiger partial charge is 0.460 e. The van der Waals surface area contributed by atoms with Crippen LogP contribution in [0.25, 0.3) is 22.0 Å². The Labute approximate surface area is 830 Å². The van der Waals surface area contributed by atoms with E-state index in [0.717, 1.165) is 49.4 Å². The Balaban J connectivity index is 0.678. The highest BCUT2D eigenvalue weighted by molar-refractivity contribution is 7.09. The zero-order valence-electron chi connectivity index (χ0n) is 85.5. The maximum atomic E-state index is 15.0. The van der Waals surface area contributed by atoms with Crippen LogP contribution in [-0.4, -0.2) is 271 Å². The Kier molecular flexibility index (Phi) is 41.9. The van der Waals surface area contributed by atoms with Gasteiger partial charge in [0.25, 0.3) is 0 Å². The number of hydrogen-bond acceptors (Lipinski definition) is 22. The normalized spacial score (nSPS) is 16.1. The molecule has 2 saturated heterocycles. The Morgan fingerprint density at radius 3 is 1.87 bits per heavy atom. The van der Waals surface area contributed by atoms with Crippen molar-refractivity contribution in [1.82, 2.24) is 60.0 Å². The zero-order chi connectivity index (χ0) is 102. The molecule has 7 aromatic rings. The summed E-state index contributed by atoms with van der Waals surface area (Å²) in [6.45, 7) is 26.4. The first-order chi connectivity index (χ1) is 66.8. The fraction of sp³-hybridized carbons (Fsp3) is 0.565. The number of nitrogens with one attached hydrogen (secondary N) is 3. The van der Waals surface area contributed by atoms with Crippen LogP contribution in [0.15, 0.2) is 145 Å². The van der Waals surface area contributed by atoms with Gasteiger partial charge < -0.3 is 73.3 Å². The number of likely N-dealkylation sites (N-methyl/N-ethyl adjacent to an activating group) is 2. The second-order valence-corrected chi connectivity index (χ2v) is 40.5. The van der Waals surface area contributed by atoms with Gasteiger partial charge in [0.1, 0.15) is 41.7 Å². The third kappa shape index (κ3) is 30.4. The van der Waals surface area contributed by atoms with E-state index >= 15 is 4.79 Å². The monoisotopic (exact) mass is 1950 g/mol. The van der Waals surface area contributed by atoms with E-state index in [1.807, 2.05) is 145 Å². The number of piperidine rings is 1. The van der Waals surface area contributed by atoms with Gasteiger partial charge in [-0.1, -0.05) is 190 Å². The summed E-state index contributed by atoms with van der Waals surface area (Å²) in [5.41, 5.74) is 8.00. The van der Waals surface area contributed by atoms with Crippen molar-refractivity contribution in [1.29, 1.82) is 0 Å². The summed E-state index contributed by atoms with van der Waals surface area (Å²) >= 11 is 1.47. The summed E-state index contributed by atoms with van der Waals surface area (Å²) in [7, 11) is 9.72. The summed E-state index contributed by atoms with van der Waals surface area (Å²) in [6, 6.07) is 38.4. The van der Waals surface area contributed by atoms with Crippen LogP contribution < -0.4 is 16.0 Å². The van der Waals surface area contributed by atoms with Gasteiger partial charge in [0.05, 0.1) is 88.1 Å². The van der Waals surface area contributed by atoms with Gasteiger partial charge in [-0.05, 0) is 140 Å². The standard InChI is InChI=1S/C108H150N12O19S/c1-20-72(8)99(92(133-18)65-95(125)120-51-30-39-90(120)100(134-19)73(9)101(127)111-88(104-109-50-60-140-104)61-75-31-22-21-23-32-75)114(15)105(130)97(70(4)5)112-103(129)98(71(6)7)115(16)106(131)137-67-77-42-40-76(41-43-77)62-91(122)74(10)110-102(128)86(69(2)3)64-81(121)44-45-94(124)119(55-57-136-59-58-135-56-49-96(126)139-108(11,12)13)79-46-52-117(53-47-79)93(123)48-54-118-80(63-78-33-24-29-38-89(78)118)66-113(14)116(17)107(132)138-68-87-84-36-27-25-34-82(84)83-35-26-28-37-85(83)87/h21-29,31-38,40-43,50,60,63,69-74,79,86-88,90,92,97-100H,20,30,39,44-49,51-59,61-62,64-68H2,1-19H3,(H,110,128)(H,111,127)(H,112,129)/t72-,73+,74-,86-,88-,90-,92+,97-,98-,99-,100+/m0/s1. The number of aromatic nitrogens is 2. The number of rotatable bonds is 52. The second kappa shape index (κ2) is 53.0. The van der Waals surface area contributed by atoms with Gasteiger partial charge in [0.2, 0.25) is 41.4 Å². The first-order valence-electron chi connectivity index (χ1n) is 49.6. The number of benzene rings is 5. The van der Waals surface area contributed by atoms with Gasteiger partial charge in [0.15, 0.2) is 5.78 Å². The Hall–Kier alpha value is -11.3. The van der Waals surface area contributed by atoms with E-state index in [4.69, 9.17) is 33.2 Å². The van der Waals surface area contributed by atoms with Gasteiger partial charge in [-0.15, -0.1) is 11.3 Å². The highest BCUT2D eigenvalue weighted by atomic mass is 32.1. The van der Waals surface area contributed by atoms with Gasteiger partial charge in [0, 0.05) is 148 Å². The predicted octanol–water partition coefficient (Wildman–Crippen LogP) is 14.4. The number of ketones is 2. The lowest BCUT2D eigenvalue weighted by Gasteiger charge is -2.41. The molecule has 31 nitrogen and oxygen atoms in total. The van der Waals surface area contributed by atoms with E-state index < -0.39 is 102 Å². The first-order valence-corrected chi connectivity index (χ1v) is 50.5. The number of nitrogens with zero attached hydrogens (tertiary/aromatic N) is 9. The van der Waals surface area contributed by atoms with E-state index in [0.29, 0.717) is 82.4 Å². The van der Waals surface area contributed by atoms with Crippen molar-refractivity contribution in [3.05, 3.63) is 184 Å². The molecule has 4 heterocycles. The summed E-state index contributed by atoms with van der Waals surface area (Å²) < 4.78 is 43.2. The van der Waals surface area contributed by atoms with Crippen molar-refractivity contribution in [3.63, 3.8) is 0 Å². The number of thiazole rings is 1. The SMILES string of the molecule is CC[C@H](C)[C@@H]([C@@H](CC(=O)N1CCC[C@H]1[C@H](OC)[C@@H](C)C(=O)N[C@@H](Cc1ccccc1)c1nccs1)OC)N(C)C(=O)[C@@H](NC(=O)[C@H](C(C)C)N(C)C(=O)OCc1ccc(CC(=O)[C@H](C)NC(=O)[C@@H](CC(=O)CCC(=O)N(CCOCCOCCC(=O)OC(C)(C)C)C2CCN(C(=O)CCn3c(CN(C)N(C)C(=O)OCC4c5ccccc5-c5ccccc54)cc4ccccc43)CC2)C(C)C)cc1)C(C)C. The summed E-state index contributed by atoms with van der Waals surface area (Å²) in [6.07, 6.45) is 2.11. The van der Waals surface area contributed by atoms with Crippen molar-refractivity contribution in [2.24, 2.45) is 35.5 Å². The molecule has 762 valence electrons. The number of fused-ring (bicyclic) bond motifs is 4. The molecule has 32 heteroatoms. The number of carbonyl (C=O) groups is 12. The molecular formula is C108H150N12O19S. The lowest BCUT2D eigenvalue weighted by Crippen LogP contribution is -2.60. The molecule has 11 atom stereocenters. The number of methoxy groups -OCH3 is 2. The van der Waals surface area contributed by atoms with Gasteiger partial charge in [-0.3, -0.25) is 52.8 Å². The number of carbonyl (C=O) groups excluding carboxylic acids is 12. The number of aryl methyl sites for hydroxylation is 1. The average molecular weight is 1950 g/mol. The van der Waals surface area contributed by atoms with Crippen LogP contribution in [0.5, 0.6) is 0 Å². The minimum atomic E-state index is -1.08. The van der Waals surface area contributed by atoms with E-state index in [-0.39, 0.29) is 162 Å². The summed E-state index contributed by atoms with van der Waals surface area (Å²) in [5, 5.41) is 16.0. The van der Waals surface area contributed by atoms with E-state index in [1.165, 1.54) is 35.4 Å². The Morgan fingerprint density at radius 1 is 0.607 bits per heavy atom. The number of esters is 1. The molecule has 1 aliphatic carbocycles. The molecule has 3 aliphatic rings. The topological polar surface area (TPSA) is 346 Å². The molecule has 0 radical (unpaired) electrons. The maximum absolute atomic E-state index is 15.0. The highest BCUT2D eigenvalue weighted by Gasteiger charge is 2.45. The predicted molar refractivity (Wildman–Crippen MR) is 537 cm³/mol. The minimum absolute atomic E-state index is 0.0480. The third-order valence-electron chi connectivity index (χ3n) is 27.5. The quantitative estimate of drug-likeness (QED) is 0.0138. The second-order valence-electron chi connectivity index (χ2n) is 39.6. The van der Waals surface area contributed by atoms with Crippen LogP contribution >= 0.6 is 11.3 Å². The molecule has 0 unspecified atom stereocenters. The minimum Gasteiger partial charge on any atom is -0.460 e. The lowest BCUT2D eigenvalue weighted by molar-refractivity contribution is -0.156. The highest BCUT2D eigenvalue weighted by Crippen LogP contribution is 2.45. The number of para-hydroxylation sites is 1. The van der Waals surface area contributed by atoms with Crippen LogP contribution in [0, 0.1) is 35.5 Å². The number of hydrazine groups is 1. The Morgan fingerprint density at radius 2 is 1.25 bits per heavy atom. The molecule has 2 fully saturated rings. The fourth-order valence-electron chi connectivity index (χ4n) is 19.4.